The highest BCUT2D eigenvalue weighted by Crippen LogP contribution is 2.35. The van der Waals surface area contributed by atoms with Crippen LogP contribution in [0.1, 0.15) is 29.9 Å². The van der Waals surface area contributed by atoms with Crippen LogP contribution in [-0.2, 0) is 20.9 Å². The van der Waals surface area contributed by atoms with Crippen molar-refractivity contribution in [2.45, 2.75) is 37.6 Å². The van der Waals surface area contributed by atoms with E-state index in [-0.39, 0.29) is 50.9 Å². The molecule has 0 aromatic heterocycles. The first-order chi connectivity index (χ1) is 21.9. The summed E-state index contributed by atoms with van der Waals surface area (Å²) in [5, 5.41) is 20.0. The van der Waals surface area contributed by atoms with Crippen molar-refractivity contribution in [3.63, 3.8) is 0 Å². The zero-order valence-corrected chi connectivity index (χ0v) is 25.4. The van der Waals surface area contributed by atoms with E-state index in [2.05, 4.69) is 0 Å². The second-order valence-corrected chi connectivity index (χ2v) is 11.1. The van der Waals surface area contributed by atoms with Gasteiger partial charge >= 0.3 is 6.09 Å². The molecule has 2 N–H and O–H groups in total. The lowest BCUT2D eigenvalue weighted by atomic mass is 9.87. The minimum atomic E-state index is -0.975. The van der Waals surface area contributed by atoms with Crippen LogP contribution in [0.4, 0.5) is 10.5 Å². The van der Waals surface area contributed by atoms with Crippen LogP contribution >= 0.6 is 0 Å². The quantitative estimate of drug-likeness (QED) is 0.253. The van der Waals surface area contributed by atoms with Gasteiger partial charge in [0.1, 0.15) is 36.6 Å². The van der Waals surface area contributed by atoms with Crippen LogP contribution < -0.4 is 19.1 Å². The molecule has 2 amide bonds. The summed E-state index contributed by atoms with van der Waals surface area (Å²) in [7, 11) is 1.63. The number of aliphatic hydroxyl groups excluding tert-OH is 1. The number of likely N-dealkylation sites (tertiary alicyclic amines) is 1. The van der Waals surface area contributed by atoms with Crippen LogP contribution in [-0.4, -0.2) is 92.5 Å². The van der Waals surface area contributed by atoms with Crippen LogP contribution in [0.5, 0.6) is 17.2 Å². The van der Waals surface area contributed by atoms with E-state index in [0.29, 0.717) is 55.5 Å². The number of rotatable bonds is 14. The topological polar surface area (TPSA) is 127 Å². The van der Waals surface area contributed by atoms with Crippen molar-refractivity contribution in [1.82, 2.24) is 4.90 Å². The first-order valence-corrected chi connectivity index (χ1v) is 15.1. The second-order valence-electron chi connectivity index (χ2n) is 11.1. The molecule has 0 spiro atoms. The minimum Gasteiger partial charge on any atom is -0.491 e. The lowest BCUT2D eigenvalue weighted by Crippen LogP contribution is -2.46. The molecule has 45 heavy (non-hydrogen) atoms. The van der Waals surface area contributed by atoms with Crippen LogP contribution in [0.15, 0.2) is 72.8 Å². The molecular formula is C34H40N2O9. The third-order valence-corrected chi connectivity index (χ3v) is 7.93. The summed E-state index contributed by atoms with van der Waals surface area (Å²) in [6.07, 6.45) is -0.854. The van der Waals surface area contributed by atoms with E-state index in [1.54, 1.807) is 12.0 Å². The number of benzene rings is 3. The molecule has 5 rings (SSSR count). The van der Waals surface area contributed by atoms with Crippen molar-refractivity contribution < 1.29 is 43.5 Å². The van der Waals surface area contributed by atoms with Gasteiger partial charge in [0.25, 0.3) is 5.91 Å². The highest BCUT2D eigenvalue weighted by atomic mass is 16.5. The number of hydrogen-bond acceptors (Lipinski definition) is 8. The molecule has 0 saturated carbocycles. The molecule has 3 aromatic rings. The molecule has 2 heterocycles. The molecule has 0 aliphatic carbocycles. The molecule has 1 fully saturated rings. The number of piperidine rings is 1. The fourth-order valence-electron chi connectivity index (χ4n) is 5.55. The number of ether oxygens (including phenoxy) is 5. The van der Waals surface area contributed by atoms with Crippen molar-refractivity contribution in [2.24, 2.45) is 0 Å². The Labute approximate surface area is 262 Å². The van der Waals surface area contributed by atoms with Crippen LogP contribution in [0.25, 0.3) is 0 Å². The standard InChI is InChI=1S/C34H40N2O9/c1-41-17-5-15-36-30-18-24(8-13-31(30)45-23-33(36)38)20-44-32-19-35(34(39)40)16-14-29(32)25-9-11-28(12-10-25)43-22-26(37)21-42-27-6-3-2-4-7-27/h2-4,6-13,18,26,29,32,37H,5,14-17,19-23H2,1H3,(H,39,40)/t26-,29?,32?/m1/s1. The zero-order chi connectivity index (χ0) is 31.6. The van der Waals surface area contributed by atoms with Gasteiger partial charge in [-0.15, -0.1) is 0 Å². The first kappa shape index (κ1) is 32.1. The smallest absolute Gasteiger partial charge is 0.407 e. The Kier molecular flexibility index (Phi) is 11.1. The maximum atomic E-state index is 12.6. The highest BCUT2D eigenvalue weighted by Gasteiger charge is 2.33. The van der Waals surface area contributed by atoms with E-state index in [4.69, 9.17) is 23.7 Å². The van der Waals surface area contributed by atoms with Gasteiger partial charge in [-0.05, 0) is 60.4 Å². The molecule has 2 aliphatic heterocycles. The molecule has 2 aliphatic rings. The van der Waals surface area contributed by atoms with Crippen molar-refractivity contribution >= 4 is 17.7 Å². The number of aliphatic hydroxyl groups is 1. The van der Waals surface area contributed by atoms with Gasteiger partial charge in [-0.25, -0.2) is 4.79 Å². The summed E-state index contributed by atoms with van der Waals surface area (Å²) in [6, 6.07) is 22.5. The van der Waals surface area contributed by atoms with E-state index >= 15 is 0 Å². The number of carbonyl (C=O) groups excluding carboxylic acids is 1. The maximum Gasteiger partial charge on any atom is 0.407 e. The number of fused-ring (bicyclic) bond motifs is 1. The van der Waals surface area contributed by atoms with E-state index in [1.807, 2.05) is 72.8 Å². The number of methoxy groups -OCH3 is 1. The number of anilines is 1. The Bertz CT molecular complexity index is 1400. The van der Waals surface area contributed by atoms with Crippen molar-refractivity contribution in [3.8, 4) is 17.2 Å². The molecular weight excluding hydrogens is 580 g/mol. The maximum absolute atomic E-state index is 12.6. The molecule has 3 atom stereocenters. The largest absolute Gasteiger partial charge is 0.491 e. The minimum absolute atomic E-state index is 0.00229. The summed E-state index contributed by atoms with van der Waals surface area (Å²) < 4.78 is 28.6. The normalized spacial score (nSPS) is 18.6. The van der Waals surface area contributed by atoms with Crippen molar-refractivity contribution in [3.05, 3.63) is 83.9 Å². The van der Waals surface area contributed by atoms with Crippen molar-refractivity contribution in [1.29, 1.82) is 0 Å². The third-order valence-electron chi connectivity index (χ3n) is 7.93. The van der Waals surface area contributed by atoms with Gasteiger partial charge in [-0.1, -0.05) is 36.4 Å². The summed E-state index contributed by atoms with van der Waals surface area (Å²) >= 11 is 0. The third kappa shape index (κ3) is 8.65. The predicted octanol–water partition coefficient (Wildman–Crippen LogP) is 4.32. The van der Waals surface area contributed by atoms with Gasteiger partial charge < -0.3 is 43.7 Å². The van der Waals surface area contributed by atoms with E-state index in [9.17, 15) is 19.8 Å². The lowest BCUT2D eigenvalue weighted by molar-refractivity contribution is -0.121. The Morgan fingerprint density at radius 1 is 1.02 bits per heavy atom. The second kappa shape index (κ2) is 15.6. The molecule has 0 radical (unpaired) electrons. The number of para-hydroxylation sites is 1. The van der Waals surface area contributed by atoms with Gasteiger partial charge in [0, 0.05) is 32.7 Å². The molecule has 2 unspecified atom stereocenters. The summed E-state index contributed by atoms with van der Waals surface area (Å²) in [6.45, 7) is 2.14. The fraction of sp³-hybridized carbons (Fsp3) is 0.412. The Hall–Kier alpha value is -4.32. The summed E-state index contributed by atoms with van der Waals surface area (Å²) in [5.74, 6) is 1.79. The lowest BCUT2D eigenvalue weighted by Gasteiger charge is -2.37. The molecule has 240 valence electrons. The first-order valence-electron chi connectivity index (χ1n) is 15.1. The number of amides is 2. The van der Waals surface area contributed by atoms with Gasteiger partial charge in [0.2, 0.25) is 0 Å². The van der Waals surface area contributed by atoms with Gasteiger partial charge in [0.15, 0.2) is 6.61 Å². The molecule has 11 heteroatoms. The Morgan fingerprint density at radius 2 is 1.76 bits per heavy atom. The van der Waals surface area contributed by atoms with Gasteiger partial charge in [0.05, 0.1) is 24.9 Å². The Balaban J connectivity index is 1.21. The monoisotopic (exact) mass is 620 g/mol. The van der Waals surface area contributed by atoms with Crippen molar-refractivity contribution in [2.75, 3.05) is 58.1 Å². The van der Waals surface area contributed by atoms with Gasteiger partial charge in [-0.3, -0.25) is 4.79 Å². The van der Waals surface area contributed by atoms with E-state index < -0.39 is 12.2 Å². The average molecular weight is 621 g/mol. The van der Waals surface area contributed by atoms with Gasteiger partial charge in [-0.2, -0.15) is 0 Å². The summed E-state index contributed by atoms with van der Waals surface area (Å²) in [5.41, 5.74) is 2.57. The highest BCUT2D eigenvalue weighted by molar-refractivity contribution is 5.97. The average Bonchev–Trinajstić information content (AvgIpc) is 3.07. The van der Waals surface area contributed by atoms with Crippen LogP contribution in [0.3, 0.4) is 0 Å². The van der Waals surface area contributed by atoms with E-state index in [0.717, 1.165) is 11.1 Å². The molecule has 1 saturated heterocycles. The molecule has 3 aromatic carbocycles. The zero-order valence-electron chi connectivity index (χ0n) is 25.4. The number of carbonyl (C=O) groups is 2. The number of carboxylic acid groups (broad SMARTS) is 1. The number of nitrogens with zero attached hydrogens (tertiary/aromatic N) is 2. The fourth-order valence-corrected chi connectivity index (χ4v) is 5.55. The van der Waals surface area contributed by atoms with Crippen LogP contribution in [0.2, 0.25) is 0 Å². The molecule has 11 nitrogen and oxygen atoms in total. The Morgan fingerprint density at radius 3 is 2.47 bits per heavy atom. The van der Waals surface area contributed by atoms with E-state index in [1.165, 1.54) is 4.90 Å². The SMILES string of the molecule is COCCCN1C(=O)COc2ccc(COC3CN(C(=O)O)CCC3c3ccc(OC[C@H](O)COc4ccccc4)cc3)cc21. The summed E-state index contributed by atoms with van der Waals surface area (Å²) in [4.78, 5) is 27.5. The number of hydrogen-bond donors (Lipinski definition) is 2. The predicted molar refractivity (Wildman–Crippen MR) is 166 cm³/mol. The van der Waals surface area contributed by atoms with Crippen LogP contribution in [0, 0.1) is 0 Å². The molecule has 0 bridgehead atoms.